The molecule has 0 unspecified atom stereocenters. The van der Waals surface area contributed by atoms with Crippen molar-refractivity contribution < 1.29 is 4.92 Å². The number of benzene rings is 2. The number of nitro groups is 1. The Hall–Kier alpha value is -2.20. The van der Waals surface area contributed by atoms with E-state index < -0.39 is 0 Å². The van der Waals surface area contributed by atoms with Gasteiger partial charge in [0, 0.05) is 25.2 Å². The summed E-state index contributed by atoms with van der Waals surface area (Å²) in [5.41, 5.74) is 4.98. The zero-order valence-electron chi connectivity index (χ0n) is 11.7. The monoisotopic (exact) mass is 270 g/mol. The normalized spacial score (nSPS) is 10.5. The molecule has 2 rings (SSSR count). The summed E-state index contributed by atoms with van der Waals surface area (Å²) in [6.07, 6.45) is 0. The van der Waals surface area contributed by atoms with Gasteiger partial charge in [0.25, 0.3) is 5.69 Å². The van der Waals surface area contributed by atoms with E-state index >= 15 is 0 Å². The number of nitro benzene ring substituents is 1. The minimum absolute atomic E-state index is 0.128. The van der Waals surface area contributed by atoms with Gasteiger partial charge in [-0.2, -0.15) is 0 Å². The van der Waals surface area contributed by atoms with Gasteiger partial charge in [0.2, 0.25) is 0 Å². The maximum atomic E-state index is 10.6. The Morgan fingerprint density at radius 3 is 2.40 bits per heavy atom. The summed E-state index contributed by atoms with van der Waals surface area (Å²) < 4.78 is 0. The first-order valence-corrected chi connectivity index (χ1v) is 6.56. The van der Waals surface area contributed by atoms with E-state index in [1.54, 1.807) is 12.1 Å². The van der Waals surface area contributed by atoms with Crippen molar-refractivity contribution in [2.24, 2.45) is 0 Å². The molecule has 2 aromatic rings. The summed E-state index contributed by atoms with van der Waals surface area (Å²) in [6, 6.07) is 13.1. The number of hydrogen-bond acceptors (Lipinski definition) is 3. The van der Waals surface area contributed by atoms with Gasteiger partial charge in [-0.25, -0.2) is 0 Å². The highest BCUT2D eigenvalue weighted by molar-refractivity contribution is 5.33. The topological polar surface area (TPSA) is 55.2 Å². The molecule has 0 atom stereocenters. The van der Waals surface area contributed by atoms with E-state index in [-0.39, 0.29) is 10.6 Å². The highest BCUT2D eigenvalue weighted by Gasteiger charge is 2.04. The summed E-state index contributed by atoms with van der Waals surface area (Å²) in [5.74, 6) is 0. The van der Waals surface area contributed by atoms with E-state index in [0.29, 0.717) is 6.54 Å². The van der Waals surface area contributed by atoms with Gasteiger partial charge in [-0.05, 0) is 30.5 Å². The maximum absolute atomic E-state index is 10.6. The third-order valence-electron chi connectivity index (χ3n) is 3.30. The Kier molecular flexibility index (Phi) is 4.48. The summed E-state index contributed by atoms with van der Waals surface area (Å²) in [7, 11) is 0. The SMILES string of the molecule is Cc1ccc(C)c(CNCc2ccc([N+](=O)[O-])cc2)c1. The standard InChI is InChI=1S/C16H18N2O2/c1-12-3-4-13(2)15(9-12)11-17-10-14-5-7-16(8-6-14)18(19)20/h3-9,17H,10-11H2,1-2H3. The molecule has 0 saturated carbocycles. The molecule has 0 heterocycles. The predicted molar refractivity (Wildman–Crippen MR) is 79.6 cm³/mol. The summed E-state index contributed by atoms with van der Waals surface area (Å²) >= 11 is 0. The number of hydrogen-bond donors (Lipinski definition) is 1. The first kappa shape index (κ1) is 14.2. The molecule has 0 radical (unpaired) electrons. The molecule has 0 saturated heterocycles. The zero-order valence-corrected chi connectivity index (χ0v) is 11.7. The second-order valence-corrected chi connectivity index (χ2v) is 4.96. The molecule has 1 N–H and O–H groups in total. The van der Waals surface area contributed by atoms with Crippen molar-refractivity contribution in [3.05, 3.63) is 74.8 Å². The van der Waals surface area contributed by atoms with Crippen LogP contribution in [0.25, 0.3) is 0 Å². The Morgan fingerprint density at radius 1 is 1.05 bits per heavy atom. The van der Waals surface area contributed by atoms with Crippen molar-refractivity contribution in [3.8, 4) is 0 Å². The van der Waals surface area contributed by atoms with Gasteiger partial charge in [0.1, 0.15) is 0 Å². The van der Waals surface area contributed by atoms with Crippen LogP contribution in [0.1, 0.15) is 22.3 Å². The first-order valence-electron chi connectivity index (χ1n) is 6.56. The summed E-state index contributed by atoms with van der Waals surface area (Å²) in [6.45, 7) is 5.68. The maximum Gasteiger partial charge on any atom is 0.269 e. The van der Waals surface area contributed by atoms with Crippen molar-refractivity contribution >= 4 is 5.69 Å². The van der Waals surface area contributed by atoms with Gasteiger partial charge in [-0.1, -0.05) is 35.9 Å². The van der Waals surface area contributed by atoms with Crippen molar-refractivity contribution in [3.63, 3.8) is 0 Å². The highest BCUT2D eigenvalue weighted by atomic mass is 16.6. The molecule has 0 bridgehead atoms. The largest absolute Gasteiger partial charge is 0.309 e. The molecule has 0 fully saturated rings. The fourth-order valence-corrected chi connectivity index (χ4v) is 2.07. The van der Waals surface area contributed by atoms with Gasteiger partial charge >= 0.3 is 0 Å². The fourth-order valence-electron chi connectivity index (χ4n) is 2.07. The van der Waals surface area contributed by atoms with Gasteiger partial charge in [0.05, 0.1) is 4.92 Å². The number of nitrogens with one attached hydrogen (secondary N) is 1. The average molecular weight is 270 g/mol. The Balaban J connectivity index is 1.92. The highest BCUT2D eigenvalue weighted by Crippen LogP contribution is 2.13. The van der Waals surface area contributed by atoms with E-state index in [2.05, 4.69) is 37.4 Å². The van der Waals surface area contributed by atoms with Crippen molar-refractivity contribution in [2.45, 2.75) is 26.9 Å². The molecule has 4 heteroatoms. The predicted octanol–water partition coefficient (Wildman–Crippen LogP) is 3.50. The average Bonchev–Trinajstić information content (AvgIpc) is 2.43. The minimum Gasteiger partial charge on any atom is -0.309 e. The molecule has 0 amide bonds. The molecule has 20 heavy (non-hydrogen) atoms. The van der Waals surface area contributed by atoms with Gasteiger partial charge in [0.15, 0.2) is 0 Å². The Labute approximate surface area is 118 Å². The number of rotatable bonds is 5. The number of aryl methyl sites for hydroxylation is 2. The van der Waals surface area contributed by atoms with Crippen molar-refractivity contribution in [2.75, 3.05) is 0 Å². The quantitative estimate of drug-likeness (QED) is 0.668. The fraction of sp³-hybridized carbons (Fsp3) is 0.250. The second-order valence-electron chi connectivity index (χ2n) is 4.96. The van der Waals surface area contributed by atoms with Gasteiger partial charge < -0.3 is 5.32 Å². The van der Waals surface area contributed by atoms with Crippen LogP contribution in [0.3, 0.4) is 0 Å². The second kappa shape index (κ2) is 6.30. The van der Waals surface area contributed by atoms with Crippen molar-refractivity contribution in [1.82, 2.24) is 5.32 Å². The van der Waals surface area contributed by atoms with Crippen LogP contribution in [0.4, 0.5) is 5.69 Å². The van der Waals surface area contributed by atoms with E-state index in [1.165, 1.54) is 28.8 Å². The van der Waals surface area contributed by atoms with E-state index in [0.717, 1.165) is 12.1 Å². The molecule has 0 spiro atoms. The molecule has 0 aliphatic rings. The van der Waals surface area contributed by atoms with Gasteiger partial charge in [-0.15, -0.1) is 0 Å². The van der Waals surface area contributed by atoms with Crippen LogP contribution in [0.15, 0.2) is 42.5 Å². The van der Waals surface area contributed by atoms with Crippen LogP contribution in [-0.4, -0.2) is 4.92 Å². The minimum atomic E-state index is -0.382. The van der Waals surface area contributed by atoms with Crippen LogP contribution in [0, 0.1) is 24.0 Å². The van der Waals surface area contributed by atoms with Crippen LogP contribution in [0.2, 0.25) is 0 Å². The summed E-state index contributed by atoms with van der Waals surface area (Å²) in [4.78, 5) is 10.2. The van der Waals surface area contributed by atoms with E-state index in [9.17, 15) is 10.1 Å². The van der Waals surface area contributed by atoms with Gasteiger partial charge in [-0.3, -0.25) is 10.1 Å². The van der Waals surface area contributed by atoms with Crippen LogP contribution in [0.5, 0.6) is 0 Å². The lowest BCUT2D eigenvalue weighted by Crippen LogP contribution is -2.13. The lowest BCUT2D eigenvalue weighted by molar-refractivity contribution is -0.384. The molecule has 104 valence electrons. The molecular weight excluding hydrogens is 252 g/mol. The summed E-state index contributed by atoms with van der Waals surface area (Å²) in [5, 5.41) is 13.9. The van der Waals surface area contributed by atoms with Crippen molar-refractivity contribution in [1.29, 1.82) is 0 Å². The lowest BCUT2D eigenvalue weighted by Gasteiger charge is -2.09. The van der Waals surface area contributed by atoms with Crippen LogP contribution < -0.4 is 5.32 Å². The lowest BCUT2D eigenvalue weighted by atomic mass is 10.1. The molecule has 0 aliphatic heterocycles. The molecule has 0 aliphatic carbocycles. The Bertz CT molecular complexity index is 606. The smallest absolute Gasteiger partial charge is 0.269 e. The molecule has 4 nitrogen and oxygen atoms in total. The van der Waals surface area contributed by atoms with E-state index in [1.807, 2.05) is 0 Å². The molecule has 0 aromatic heterocycles. The third kappa shape index (κ3) is 3.65. The number of non-ortho nitro benzene ring substituents is 1. The Morgan fingerprint density at radius 2 is 1.75 bits per heavy atom. The number of nitrogens with zero attached hydrogens (tertiary/aromatic N) is 1. The zero-order chi connectivity index (χ0) is 14.5. The molecular formula is C16H18N2O2. The first-order chi connectivity index (χ1) is 9.56. The van der Waals surface area contributed by atoms with Crippen LogP contribution in [-0.2, 0) is 13.1 Å². The molecule has 2 aromatic carbocycles. The van der Waals surface area contributed by atoms with Crippen LogP contribution >= 0.6 is 0 Å². The van der Waals surface area contributed by atoms with E-state index in [4.69, 9.17) is 0 Å². The third-order valence-corrected chi connectivity index (χ3v) is 3.30.